The standard InChI is InChI=1S/C10H8N2O3.O3S/c13-9-6-8(10(14)15)11-12(9)7-4-2-1-3-5-7;1-4(2)3/h1-6,11H,(H,14,15);. The lowest BCUT2D eigenvalue weighted by atomic mass is 10.3. The molecule has 0 saturated carbocycles. The summed E-state index contributed by atoms with van der Waals surface area (Å²) in [6.07, 6.45) is 0. The Hall–Kier alpha value is -2.68. The highest BCUT2D eigenvalue weighted by Gasteiger charge is 2.09. The van der Waals surface area contributed by atoms with Crippen LogP contribution in [0.2, 0.25) is 0 Å². The Bertz CT molecular complexity index is 722. The quantitative estimate of drug-likeness (QED) is 0.790. The summed E-state index contributed by atoms with van der Waals surface area (Å²) in [4.78, 5) is 22.0. The minimum atomic E-state index is -3.11. The predicted octanol–water partition coefficient (Wildman–Crippen LogP) is -0.140. The van der Waals surface area contributed by atoms with Crippen LogP contribution in [0, 0.1) is 0 Å². The molecule has 0 aliphatic heterocycles. The van der Waals surface area contributed by atoms with Gasteiger partial charge in [-0.3, -0.25) is 9.89 Å². The summed E-state index contributed by atoms with van der Waals surface area (Å²) in [5.41, 5.74) is 0.0949. The Morgan fingerprint density at radius 2 is 1.68 bits per heavy atom. The van der Waals surface area contributed by atoms with Crippen molar-refractivity contribution >= 4 is 16.6 Å². The number of para-hydroxylation sites is 1. The molecule has 9 heteroatoms. The van der Waals surface area contributed by atoms with E-state index in [1.807, 2.05) is 6.07 Å². The molecule has 1 aromatic carbocycles. The fourth-order valence-electron chi connectivity index (χ4n) is 1.27. The van der Waals surface area contributed by atoms with E-state index in [-0.39, 0.29) is 5.69 Å². The molecular weight excluding hydrogens is 276 g/mol. The van der Waals surface area contributed by atoms with Crippen LogP contribution in [-0.2, 0) is 10.6 Å². The average molecular weight is 284 g/mol. The lowest BCUT2D eigenvalue weighted by molar-refractivity contribution is 0.0690. The maximum atomic E-state index is 11.4. The fourth-order valence-corrected chi connectivity index (χ4v) is 1.27. The number of aromatic carboxylic acids is 1. The third kappa shape index (κ3) is 4.24. The molecule has 2 N–H and O–H groups in total. The number of carboxylic acids is 1. The average Bonchev–Trinajstić information content (AvgIpc) is 2.72. The molecule has 0 amide bonds. The lowest BCUT2D eigenvalue weighted by Gasteiger charge is -1.99. The number of benzene rings is 1. The van der Waals surface area contributed by atoms with Crippen molar-refractivity contribution in [3.05, 3.63) is 52.4 Å². The molecule has 2 rings (SSSR count). The molecule has 0 aliphatic rings. The molecule has 19 heavy (non-hydrogen) atoms. The zero-order valence-corrected chi connectivity index (χ0v) is 10.1. The van der Waals surface area contributed by atoms with E-state index in [2.05, 4.69) is 5.10 Å². The molecule has 1 heterocycles. The maximum absolute atomic E-state index is 11.4. The van der Waals surface area contributed by atoms with Gasteiger partial charge in [0.15, 0.2) is 0 Å². The van der Waals surface area contributed by atoms with Gasteiger partial charge in [0.1, 0.15) is 5.69 Å². The van der Waals surface area contributed by atoms with Gasteiger partial charge < -0.3 is 5.11 Å². The second-order valence-electron chi connectivity index (χ2n) is 3.19. The van der Waals surface area contributed by atoms with Crippen LogP contribution in [0.15, 0.2) is 41.2 Å². The van der Waals surface area contributed by atoms with Crippen LogP contribution in [0.3, 0.4) is 0 Å². The Labute approximate surface area is 108 Å². The monoisotopic (exact) mass is 284 g/mol. The second-order valence-corrected chi connectivity index (χ2v) is 3.60. The van der Waals surface area contributed by atoms with Gasteiger partial charge in [-0.05, 0) is 12.1 Å². The van der Waals surface area contributed by atoms with Gasteiger partial charge in [0.05, 0.1) is 5.69 Å². The van der Waals surface area contributed by atoms with Crippen molar-refractivity contribution in [2.75, 3.05) is 0 Å². The van der Waals surface area contributed by atoms with Gasteiger partial charge in [-0.25, -0.2) is 9.48 Å². The van der Waals surface area contributed by atoms with Gasteiger partial charge in [0.2, 0.25) is 0 Å². The number of nitrogens with one attached hydrogen (secondary N) is 1. The first-order valence-electron chi connectivity index (χ1n) is 4.79. The summed E-state index contributed by atoms with van der Waals surface area (Å²) in [5, 5.41) is 11.2. The summed E-state index contributed by atoms with van der Waals surface area (Å²) >= 11 is 0. The van der Waals surface area contributed by atoms with E-state index in [4.69, 9.17) is 17.7 Å². The zero-order chi connectivity index (χ0) is 14.4. The number of nitrogens with zero attached hydrogens (tertiary/aromatic N) is 1. The molecule has 0 atom stereocenters. The van der Waals surface area contributed by atoms with Gasteiger partial charge in [-0.15, -0.1) is 12.6 Å². The van der Waals surface area contributed by atoms with E-state index < -0.39 is 22.1 Å². The summed E-state index contributed by atoms with van der Waals surface area (Å²) in [6, 6.07) is 9.82. The van der Waals surface area contributed by atoms with Gasteiger partial charge in [-0.2, -0.15) is 0 Å². The summed E-state index contributed by atoms with van der Waals surface area (Å²) < 4.78 is 26.5. The highest BCUT2D eigenvalue weighted by atomic mass is 32.2. The molecule has 0 unspecified atom stereocenters. The number of hydrogen-bond donors (Lipinski definition) is 2. The number of aromatic nitrogens is 2. The van der Waals surface area contributed by atoms with Crippen LogP contribution in [0.4, 0.5) is 0 Å². The van der Waals surface area contributed by atoms with Crippen LogP contribution in [-0.4, -0.2) is 33.5 Å². The second kappa shape index (κ2) is 6.31. The first-order valence-corrected chi connectivity index (χ1v) is 5.79. The molecular formula is C10H8N2O6S. The van der Waals surface area contributed by atoms with E-state index in [0.717, 1.165) is 6.07 Å². The number of H-pyrrole nitrogens is 1. The van der Waals surface area contributed by atoms with Crippen LogP contribution >= 0.6 is 0 Å². The lowest BCUT2D eigenvalue weighted by Crippen LogP contribution is -2.13. The topological polar surface area (TPSA) is 126 Å². The van der Waals surface area contributed by atoms with E-state index in [0.29, 0.717) is 5.69 Å². The summed E-state index contributed by atoms with van der Waals surface area (Å²) in [7, 11) is -3.11. The number of hydrogen-bond acceptors (Lipinski definition) is 5. The molecule has 0 saturated heterocycles. The smallest absolute Gasteiger partial charge is 0.425 e. The third-order valence-corrected chi connectivity index (χ3v) is 1.97. The molecule has 0 radical (unpaired) electrons. The molecule has 0 aliphatic carbocycles. The van der Waals surface area contributed by atoms with Crippen LogP contribution in [0.5, 0.6) is 0 Å². The number of carboxylic acid groups (broad SMARTS) is 1. The van der Waals surface area contributed by atoms with Gasteiger partial charge in [-0.1, -0.05) is 18.2 Å². The van der Waals surface area contributed by atoms with Gasteiger partial charge in [0.25, 0.3) is 5.56 Å². The largest absolute Gasteiger partial charge is 0.477 e. The van der Waals surface area contributed by atoms with Crippen LogP contribution in [0.1, 0.15) is 10.5 Å². The first kappa shape index (κ1) is 14.4. The number of carbonyl (C=O) groups is 1. The summed E-state index contributed by atoms with van der Waals surface area (Å²) in [5.74, 6) is -1.15. The van der Waals surface area contributed by atoms with E-state index in [1.54, 1.807) is 24.3 Å². The first-order chi connectivity index (χ1) is 8.91. The van der Waals surface area contributed by atoms with Crippen molar-refractivity contribution < 1.29 is 22.5 Å². The zero-order valence-electron chi connectivity index (χ0n) is 9.31. The Morgan fingerprint density at radius 3 is 2.11 bits per heavy atom. The molecule has 0 bridgehead atoms. The summed E-state index contributed by atoms with van der Waals surface area (Å²) in [6.45, 7) is 0. The molecule has 2 aromatic rings. The minimum Gasteiger partial charge on any atom is -0.477 e. The minimum absolute atomic E-state index is 0.121. The van der Waals surface area contributed by atoms with Crippen molar-refractivity contribution in [1.82, 2.24) is 9.78 Å². The Kier molecular flexibility index (Phi) is 4.77. The normalized spacial score (nSPS) is 9.26. The number of aromatic amines is 1. The molecule has 1 aromatic heterocycles. The fraction of sp³-hybridized carbons (Fsp3) is 0. The molecule has 0 spiro atoms. The van der Waals surface area contributed by atoms with E-state index >= 15 is 0 Å². The van der Waals surface area contributed by atoms with Crippen molar-refractivity contribution in [3.8, 4) is 5.69 Å². The van der Waals surface area contributed by atoms with Gasteiger partial charge in [0, 0.05) is 6.07 Å². The molecule has 0 fully saturated rings. The maximum Gasteiger partial charge on any atom is 0.425 e. The molecule has 8 nitrogen and oxygen atoms in total. The van der Waals surface area contributed by atoms with Crippen LogP contribution < -0.4 is 5.56 Å². The highest BCUT2D eigenvalue weighted by molar-refractivity contribution is 7.59. The van der Waals surface area contributed by atoms with Gasteiger partial charge >= 0.3 is 16.6 Å². The van der Waals surface area contributed by atoms with Crippen molar-refractivity contribution in [2.24, 2.45) is 0 Å². The Balaban J connectivity index is 0.000000399. The van der Waals surface area contributed by atoms with Crippen molar-refractivity contribution in [3.63, 3.8) is 0 Å². The van der Waals surface area contributed by atoms with Crippen molar-refractivity contribution in [2.45, 2.75) is 0 Å². The Morgan fingerprint density at radius 1 is 1.16 bits per heavy atom. The third-order valence-electron chi connectivity index (χ3n) is 1.97. The number of rotatable bonds is 2. The van der Waals surface area contributed by atoms with Crippen molar-refractivity contribution in [1.29, 1.82) is 0 Å². The highest BCUT2D eigenvalue weighted by Crippen LogP contribution is 2.02. The van der Waals surface area contributed by atoms with E-state index in [1.165, 1.54) is 4.68 Å². The molecule has 100 valence electrons. The van der Waals surface area contributed by atoms with E-state index in [9.17, 15) is 9.59 Å². The SMILES string of the molecule is O=C(O)c1cc(=O)n(-c2ccccc2)[nH]1.O=S(=O)=O. The predicted molar refractivity (Wildman–Crippen MR) is 63.0 cm³/mol. The van der Waals surface area contributed by atoms with Crippen LogP contribution in [0.25, 0.3) is 5.69 Å².